The lowest BCUT2D eigenvalue weighted by molar-refractivity contribution is -0.118. The molecule has 0 aliphatic carbocycles. The molecule has 1 heterocycles. The highest BCUT2D eigenvalue weighted by atomic mass is 16.1. The molecule has 0 bridgehead atoms. The number of aryl methyl sites for hydroxylation is 1. The van der Waals surface area contributed by atoms with Gasteiger partial charge in [0.2, 0.25) is 0 Å². The van der Waals surface area contributed by atoms with Gasteiger partial charge in [0.15, 0.2) is 0 Å². The van der Waals surface area contributed by atoms with Gasteiger partial charge in [-0.25, -0.2) is 5.53 Å². The van der Waals surface area contributed by atoms with Gasteiger partial charge in [-0.15, -0.1) is 5.11 Å². The van der Waals surface area contributed by atoms with Crippen molar-refractivity contribution in [3.8, 4) is 0 Å². The molecule has 0 saturated carbocycles. The maximum Gasteiger partial charge on any atom is 0.264 e. The number of aromatic nitrogens is 1. The summed E-state index contributed by atoms with van der Waals surface area (Å²) in [5, 5.41) is 2.79. The first-order valence-electron chi connectivity index (χ1n) is 3.63. The van der Waals surface area contributed by atoms with Crippen LogP contribution in [0.2, 0.25) is 0 Å². The first kappa shape index (κ1) is 8.52. The number of hydrogen-bond acceptors (Lipinski definition) is 3. The Labute approximate surface area is 70.1 Å². The van der Waals surface area contributed by atoms with Crippen LogP contribution in [0.25, 0.3) is 0 Å². The molecule has 1 N–H and O–H groups in total. The van der Waals surface area contributed by atoms with Gasteiger partial charge < -0.3 is 0 Å². The lowest BCUT2D eigenvalue weighted by atomic mass is 10.2. The molecule has 4 heteroatoms. The second kappa shape index (κ2) is 4.33. The Bertz CT molecular complexity index is 271. The van der Waals surface area contributed by atoms with Gasteiger partial charge in [0.25, 0.3) is 5.91 Å². The number of nitrogens with zero attached hydrogens (tertiary/aromatic N) is 2. The zero-order valence-corrected chi connectivity index (χ0v) is 6.53. The predicted molar refractivity (Wildman–Crippen MR) is 42.7 cm³/mol. The average molecular weight is 163 g/mol. The number of carbonyl (C=O) groups excluding carboxylic acids is 1. The molecule has 1 rings (SSSR count). The van der Waals surface area contributed by atoms with E-state index in [9.17, 15) is 4.79 Å². The molecule has 0 aromatic carbocycles. The predicted octanol–water partition coefficient (Wildman–Crippen LogP) is 1.57. The van der Waals surface area contributed by atoms with Crippen LogP contribution in [0.3, 0.4) is 0 Å². The number of rotatable bonds is 3. The van der Waals surface area contributed by atoms with Crippen LogP contribution in [0.4, 0.5) is 0 Å². The summed E-state index contributed by atoms with van der Waals surface area (Å²) in [5.41, 5.74) is 7.29. The highest BCUT2D eigenvalue weighted by Crippen LogP contribution is 1.98. The highest BCUT2D eigenvalue weighted by Gasteiger charge is 1.99. The van der Waals surface area contributed by atoms with Gasteiger partial charge >= 0.3 is 0 Å². The molecule has 0 saturated heterocycles. The van der Waals surface area contributed by atoms with Gasteiger partial charge in [-0.05, 0) is 18.6 Å². The van der Waals surface area contributed by atoms with E-state index in [4.69, 9.17) is 5.53 Å². The van der Waals surface area contributed by atoms with E-state index in [-0.39, 0.29) is 6.42 Å². The van der Waals surface area contributed by atoms with Crippen molar-refractivity contribution >= 4 is 5.91 Å². The maximum atomic E-state index is 10.6. The van der Waals surface area contributed by atoms with E-state index in [1.165, 1.54) is 0 Å². The number of amides is 1. The van der Waals surface area contributed by atoms with E-state index in [1.54, 1.807) is 6.20 Å². The molecule has 1 amide bonds. The molecule has 0 spiro atoms. The Morgan fingerprint density at radius 2 is 2.42 bits per heavy atom. The molecule has 4 nitrogen and oxygen atoms in total. The van der Waals surface area contributed by atoms with Crippen LogP contribution in [0.1, 0.15) is 12.1 Å². The zero-order chi connectivity index (χ0) is 8.81. The van der Waals surface area contributed by atoms with Crippen molar-refractivity contribution in [2.45, 2.75) is 12.8 Å². The topological polar surface area (TPSA) is 66.2 Å². The Kier molecular flexibility index (Phi) is 3.07. The monoisotopic (exact) mass is 163 g/mol. The summed E-state index contributed by atoms with van der Waals surface area (Å²) < 4.78 is 0. The van der Waals surface area contributed by atoms with Crippen LogP contribution in [0.15, 0.2) is 29.5 Å². The van der Waals surface area contributed by atoms with Crippen molar-refractivity contribution in [2.75, 3.05) is 0 Å². The van der Waals surface area contributed by atoms with Crippen LogP contribution in [0.5, 0.6) is 0 Å². The van der Waals surface area contributed by atoms with E-state index in [1.807, 2.05) is 18.2 Å². The molecule has 1 aromatic rings. The van der Waals surface area contributed by atoms with Crippen molar-refractivity contribution in [3.05, 3.63) is 30.1 Å². The third-order valence-electron chi connectivity index (χ3n) is 1.45. The van der Waals surface area contributed by atoms with Crippen molar-refractivity contribution in [2.24, 2.45) is 5.11 Å². The van der Waals surface area contributed by atoms with Gasteiger partial charge in [0.05, 0.1) is 0 Å². The molecule has 0 atom stereocenters. The average Bonchev–Trinajstić information content (AvgIpc) is 2.16. The Morgan fingerprint density at radius 1 is 1.58 bits per heavy atom. The number of nitrogens with one attached hydrogen (secondary N) is 1. The largest absolute Gasteiger partial charge is 0.271 e. The minimum atomic E-state index is -0.402. The molecule has 62 valence electrons. The summed E-state index contributed by atoms with van der Waals surface area (Å²) in [6, 6.07) is 5.53. The molecule has 0 fully saturated rings. The maximum absolute atomic E-state index is 10.6. The smallest absolute Gasteiger partial charge is 0.264 e. The van der Waals surface area contributed by atoms with Crippen LogP contribution in [-0.2, 0) is 11.2 Å². The minimum Gasteiger partial charge on any atom is -0.271 e. The Morgan fingerprint density at radius 3 is 3.00 bits per heavy atom. The van der Waals surface area contributed by atoms with E-state index >= 15 is 0 Å². The molecule has 12 heavy (non-hydrogen) atoms. The highest BCUT2D eigenvalue weighted by molar-refractivity contribution is 5.76. The molecule has 0 unspecified atom stereocenters. The van der Waals surface area contributed by atoms with Gasteiger partial charge in [0.1, 0.15) is 0 Å². The van der Waals surface area contributed by atoms with Crippen molar-refractivity contribution in [3.63, 3.8) is 0 Å². The van der Waals surface area contributed by atoms with Crippen molar-refractivity contribution in [1.29, 1.82) is 5.53 Å². The van der Waals surface area contributed by atoms with Gasteiger partial charge in [0, 0.05) is 18.3 Å². The van der Waals surface area contributed by atoms with Gasteiger partial charge in [-0.1, -0.05) is 6.07 Å². The SMILES string of the molecule is N=NC(=O)CCc1ccccn1. The summed E-state index contributed by atoms with van der Waals surface area (Å²) >= 11 is 0. The van der Waals surface area contributed by atoms with Crippen LogP contribution < -0.4 is 0 Å². The molecule has 1 aromatic heterocycles. The third kappa shape index (κ3) is 2.57. The quantitative estimate of drug-likeness (QED) is 0.687. The lowest BCUT2D eigenvalue weighted by Gasteiger charge is -1.94. The summed E-state index contributed by atoms with van der Waals surface area (Å²) in [4.78, 5) is 14.6. The van der Waals surface area contributed by atoms with Gasteiger partial charge in [-0.2, -0.15) is 0 Å². The fourth-order valence-electron chi connectivity index (χ4n) is 0.837. The standard InChI is InChI=1S/C8H9N3O/c9-11-8(12)5-4-7-3-1-2-6-10-7/h1-3,6,9H,4-5H2. The van der Waals surface area contributed by atoms with Crippen LogP contribution in [-0.4, -0.2) is 10.9 Å². The summed E-state index contributed by atoms with van der Waals surface area (Å²) in [7, 11) is 0. The normalized spacial score (nSPS) is 9.33. The van der Waals surface area contributed by atoms with Crippen molar-refractivity contribution < 1.29 is 4.79 Å². The number of pyridine rings is 1. The van der Waals surface area contributed by atoms with Crippen LogP contribution in [0, 0.1) is 5.53 Å². The first-order chi connectivity index (χ1) is 5.83. The Hall–Kier alpha value is -1.58. The van der Waals surface area contributed by atoms with Crippen LogP contribution >= 0.6 is 0 Å². The van der Waals surface area contributed by atoms with E-state index in [0.29, 0.717) is 6.42 Å². The third-order valence-corrected chi connectivity index (χ3v) is 1.45. The fraction of sp³-hybridized carbons (Fsp3) is 0.250. The van der Waals surface area contributed by atoms with Crippen molar-refractivity contribution in [1.82, 2.24) is 4.98 Å². The lowest BCUT2D eigenvalue weighted by Crippen LogP contribution is -1.96. The first-order valence-corrected chi connectivity index (χ1v) is 3.63. The second-order valence-electron chi connectivity index (χ2n) is 2.33. The van der Waals surface area contributed by atoms with Gasteiger partial charge in [-0.3, -0.25) is 9.78 Å². The molecule has 0 aliphatic heterocycles. The zero-order valence-electron chi connectivity index (χ0n) is 6.53. The van der Waals surface area contributed by atoms with E-state index in [2.05, 4.69) is 10.1 Å². The summed E-state index contributed by atoms with van der Waals surface area (Å²) in [5.74, 6) is -0.402. The molecular formula is C8H9N3O. The number of carbonyl (C=O) groups is 1. The molecular weight excluding hydrogens is 154 g/mol. The second-order valence-corrected chi connectivity index (χ2v) is 2.33. The number of hydrogen-bond donors (Lipinski definition) is 1. The summed E-state index contributed by atoms with van der Waals surface area (Å²) in [6.07, 6.45) is 2.50. The Balaban J connectivity index is 2.43. The molecule has 0 aliphatic rings. The minimum absolute atomic E-state index is 0.264. The summed E-state index contributed by atoms with van der Waals surface area (Å²) in [6.45, 7) is 0. The fourth-order valence-corrected chi connectivity index (χ4v) is 0.837. The molecule has 0 radical (unpaired) electrons. The van der Waals surface area contributed by atoms with E-state index < -0.39 is 5.91 Å². The van der Waals surface area contributed by atoms with E-state index in [0.717, 1.165) is 5.69 Å².